The zero-order valence-electron chi connectivity index (χ0n) is 14.5. The summed E-state index contributed by atoms with van der Waals surface area (Å²) < 4.78 is 5.70. The summed E-state index contributed by atoms with van der Waals surface area (Å²) in [6, 6.07) is 14.7. The lowest BCUT2D eigenvalue weighted by Gasteiger charge is -2.36. The average Bonchev–Trinajstić information content (AvgIpc) is 2.69. The molecule has 0 bridgehead atoms. The SMILES string of the molecule is CNC(=O)c1cccc(-c2ccc(C3OC(CO)CC(O)C3O)cc2)c1. The molecule has 0 aliphatic carbocycles. The molecule has 1 saturated heterocycles. The maximum atomic E-state index is 11.8. The molecule has 26 heavy (non-hydrogen) atoms. The molecule has 1 heterocycles. The van der Waals surface area contributed by atoms with Gasteiger partial charge in [-0.2, -0.15) is 0 Å². The van der Waals surface area contributed by atoms with E-state index >= 15 is 0 Å². The summed E-state index contributed by atoms with van der Waals surface area (Å²) in [4.78, 5) is 11.8. The van der Waals surface area contributed by atoms with Gasteiger partial charge in [-0.1, -0.05) is 36.4 Å². The zero-order valence-corrected chi connectivity index (χ0v) is 14.5. The number of ether oxygens (including phenoxy) is 1. The lowest BCUT2D eigenvalue weighted by molar-refractivity contribution is -0.179. The normalized spacial score (nSPS) is 25.7. The van der Waals surface area contributed by atoms with Crippen molar-refractivity contribution in [2.45, 2.75) is 30.8 Å². The summed E-state index contributed by atoms with van der Waals surface area (Å²) in [5, 5.41) is 32.1. The molecule has 138 valence electrons. The van der Waals surface area contributed by atoms with Gasteiger partial charge in [-0.15, -0.1) is 0 Å². The molecule has 4 N–H and O–H groups in total. The number of hydrogen-bond acceptors (Lipinski definition) is 5. The van der Waals surface area contributed by atoms with Crippen LogP contribution < -0.4 is 5.32 Å². The standard InChI is InChI=1S/C20H23NO5/c1-21-20(25)15-4-2-3-14(9-15)12-5-7-13(8-6-12)19-18(24)17(23)10-16(11-22)26-19/h2-9,16-19,22-24H,10-11H2,1H3,(H,21,25). The molecule has 1 fully saturated rings. The Balaban J connectivity index is 1.83. The lowest BCUT2D eigenvalue weighted by atomic mass is 9.92. The summed E-state index contributed by atoms with van der Waals surface area (Å²) in [5.74, 6) is -0.147. The van der Waals surface area contributed by atoms with Crippen LogP contribution in [0.1, 0.15) is 28.4 Å². The highest BCUT2D eigenvalue weighted by Crippen LogP contribution is 2.33. The first-order valence-corrected chi connectivity index (χ1v) is 8.58. The maximum Gasteiger partial charge on any atom is 0.251 e. The van der Waals surface area contributed by atoms with Crippen LogP contribution >= 0.6 is 0 Å². The van der Waals surface area contributed by atoms with E-state index in [0.717, 1.165) is 16.7 Å². The van der Waals surface area contributed by atoms with Crippen LogP contribution in [0.15, 0.2) is 48.5 Å². The van der Waals surface area contributed by atoms with Crippen molar-refractivity contribution in [2.75, 3.05) is 13.7 Å². The molecular formula is C20H23NO5. The Hall–Kier alpha value is -2.25. The van der Waals surface area contributed by atoms with Gasteiger partial charge in [0.2, 0.25) is 0 Å². The fraction of sp³-hybridized carbons (Fsp3) is 0.350. The van der Waals surface area contributed by atoms with E-state index in [1.807, 2.05) is 42.5 Å². The number of aliphatic hydroxyl groups excluding tert-OH is 3. The van der Waals surface area contributed by atoms with Gasteiger partial charge < -0.3 is 25.4 Å². The second kappa shape index (κ2) is 7.97. The first kappa shape index (κ1) is 18.5. The van der Waals surface area contributed by atoms with Gasteiger partial charge in [-0.05, 0) is 28.8 Å². The topological polar surface area (TPSA) is 99.0 Å². The molecule has 4 unspecified atom stereocenters. The van der Waals surface area contributed by atoms with E-state index in [4.69, 9.17) is 4.74 Å². The molecule has 0 radical (unpaired) electrons. The Morgan fingerprint density at radius 2 is 1.88 bits per heavy atom. The minimum Gasteiger partial charge on any atom is -0.394 e. The van der Waals surface area contributed by atoms with Crippen LogP contribution in [0.25, 0.3) is 11.1 Å². The fourth-order valence-electron chi connectivity index (χ4n) is 3.20. The van der Waals surface area contributed by atoms with Gasteiger partial charge >= 0.3 is 0 Å². The fourth-order valence-corrected chi connectivity index (χ4v) is 3.20. The van der Waals surface area contributed by atoms with E-state index < -0.39 is 24.4 Å². The number of carbonyl (C=O) groups is 1. The largest absolute Gasteiger partial charge is 0.394 e. The van der Waals surface area contributed by atoms with E-state index in [1.54, 1.807) is 13.1 Å². The van der Waals surface area contributed by atoms with Crippen molar-refractivity contribution in [1.29, 1.82) is 0 Å². The summed E-state index contributed by atoms with van der Waals surface area (Å²) in [6.07, 6.45) is -2.96. The second-order valence-electron chi connectivity index (χ2n) is 6.44. The van der Waals surface area contributed by atoms with Gasteiger partial charge in [0.1, 0.15) is 12.2 Å². The third kappa shape index (κ3) is 3.78. The first-order chi connectivity index (χ1) is 12.5. The van der Waals surface area contributed by atoms with Gasteiger partial charge in [0.25, 0.3) is 5.91 Å². The molecule has 0 saturated carbocycles. The number of benzene rings is 2. The van der Waals surface area contributed by atoms with E-state index in [2.05, 4.69) is 5.32 Å². The molecule has 1 aliphatic rings. The quantitative estimate of drug-likeness (QED) is 0.660. The number of hydrogen-bond donors (Lipinski definition) is 4. The third-order valence-corrected chi connectivity index (χ3v) is 4.68. The highest BCUT2D eigenvalue weighted by molar-refractivity contribution is 5.95. The Bertz CT molecular complexity index is 761. The second-order valence-corrected chi connectivity index (χ2v) is 6.44. The van der Waals surface area contributed by atoms with Crippen LogP contribution in [-0.2, 0) is 4.74 Å². The van der Waals surface area contributed by atoms with Crippen molar-refractivity contribution in [3.8, 4) is 11.1 Å². The van der Waals surface area contributed by atoms with Crippen LogP contribution in [0.4, 0.5) is 0 Å². The van der Waals surface area contributed by atoms with Crippen molar-refractivity contribution >= 4 is 5.91 Å². The number of carbonyl (C=O) groups excluding carboxylic acids is 1. The summed E-state index contributed by atoms with van der Waals surface area (Å²) in [5.41, 5.74) is 3.12. The first-order valence-electron chi connectivity index (χ1n) is 8.58. The summed E-state index contributed by atoms with van der Waals surface area (Å²) in [7, 11) is 1.59. The predicted octanol–water partition coefficient (Wildman–Crippen LogP) is 1.26. The van der Waals surface area contributed by atoms with Gasteiger partial charge in [-0.25, -0.2) is 0 Å². The van der Waals surface area contributed by atoms with Crippen molar-refractivity contribution in [1.82, 2.24) is 5.32 Å². The van der Waals surface area contributed by atoms with Crippen molar-refractivity contribution in [2.24, 2.45) is 0 Å². The number of aliphatic hydroxyl groups is 3. The van der Waals surface area contributed by atoms with Gasteiger partial charge in [0, 0.05) is 19.0 Å². The minimum atomic E-state index is -1.04. The number of rotatable bonds is 4. The van der Waals surface area contributed by atoms with Crippen molar-refractivity contribution in [3.63, 3.8) is 0 Å². The molecule has 2 aromatic rings. The van der Waals surface area contributed by atoms with E-state index in [-0.39, 0.29) is 18.9 Å². The smallest absolute Gasteiger partial charge is 0.251 e. The Morgan fingerprint density at radius 3 is 2.54 bits per heavy atom. The highest BCUT2D eigenvalue weighted by atomic mass is 16.5. The maximum absolute atomic E-state index is 11.8. The monoisotopic (exact) mass is 357 g/mol. The minimum absolute atomic E-state index is 0.147. The Kier molecular flexibility index (Phi) is 5.68. The molecular weight excluding hydrogens is 334 g/mol. The van der Waals surface area contributed by atoms with Crippen LogP contribution in [0.2, 0.25) is 0 Å². The van der Waals surface area contributed by atoms with Crippen molar-refractivity contribution < 1.29 is 24.9 Å². The average molecular weight is 357 g/mol. The van der Waals surface area contributed by atoms with Crippen LogP contribution in [0.3, 0.4) is 0 Å². The summed E-state index contributed by atoms with van der Waals surface area (Å²) >= 11 is 0. The lowest BCUT2D eigenvalue weighted by Crippen LogP contribution is -2.44. The van der Waals surface area contributed by atoms with Crippen LogP contribution in [0.5, 0.6) is 0 Å². The molecule has 1 amide bonds. The number of amides is 1. The highest BCUT2D eigenvalue weighted by Gasteiger charge is 2.37. The Labute approximate surface area is 152 Å². The predicted molar refractivity (Wildman–Crippen MR) is 96.6 cm³/mol. The Morgan fingerprint density at radius 1 is 1.15 bits per heavy atom. The van der Waals surface area contributed by atoms with E-state index in [9.17, 15) is 20.1 Å². The van der Waals surface area contributed by atoms with E-state index in [0.29, 0.717) is 5.56 Å². The molecule has 0 aromatic heterocycles. The molecule has 1 aliphatic heterocycles. The van der Waals surface area contributed by atoms with Gasteiger partial charge in [-0.3, -0.25) is 4.79 Å². The molecule has 4 atom stereocenters. The zero-order chi connectivity index (χ0) is 18.7. The van der Waals surface area contributed by atoms with Crippen LogP contribution in [0, 0.1) is 0 Å². The van der Waals surface area contributed by atoms with Crippen molar-refractivity contribution in [3.05, 3.63) is 59.7 Å². The number of nitrogens with one attached hydrogen (secondary N) is 1. The third-order valence-electron chi connectivity index (χ3n) is 4.68. The molecule has 0 spiro atoms. The van der Waals surface area contributed by atoms with Crippen LogP contribution in [-0.4, -0.2) is 53.2 Å². The van der Waals surface area contributed by atoms with E-state index in [1.165, 1.54) is 0 Å². The van der Waals surface area contributed by atoms with Gasteiger partial charge in [0.05, 0.1) is 18.8 Å². The van der Waals surface area contributed by atoms with Gasteiger partial charge in [0.15, 0.2) is 0 Å². The molecule has 6 nitrogen and oxygen atoms in total. The molecule has 3 rings (SSSR count). The summed E-state index contributed by atoms with van der Waals surface area (Å²) in [6.45, 7) is -0.204. The molecule has 6 heteroatoms. The molecule has 2 aromatic carbocycles.